The van der Waals surface area contributed by atoms with Crippen LogP contribution in [0.1, 0.15) is 67.2 Å². The summed E-state index contributed by atoms with van der Waals surface area (Å²) < 4.78 is 75.9. The Labute approximate surface area is 224 Å². The van der Waals surface area contributed by atoms with Gasteiger partial charge in [-0.1, -0.05) is 12.1 Å². The van der Waals surface area contributed by atoms with Gasteiger partial charge in [-0.3, -0.25) is 4.72 Å². The van der Waals surface area contributed by atoms with Crippen LogP contribution in [0.4, 0.5) is 18.3 Å². The van der Waals surface area contributed by atoms with Crippen LogP contribution < -0.4 is 9.46 Å². The van der Waals surface area contributed by atoms with Crippen LogP contribution in [-0.4, -0.2) is 44.0 Å². The van der Waals surface area contributed by atoms with Crippen molar-refractivity contribution in [3.8, 4) is 5.75 Å². The minimum atomic E-state index is -4.43. The van der Waals surface area contributed by atoms with Crippen molar-refractivity contribution in [2.24, 2.45) is 0 Å². The lowest BCUT2D eigenvalue weighted by molar-refractivity contribution is -0.137. The Kier molecular flexibility index (Phi) is 6.98. The molecule has 0 saturated carbocycles. The topological polar surface area (TPSA) is 71.5 Å². The number of hydrogen-bond acceptors (Lipinski definition) is 6. The van der Waals surface area contributed by atoms with E-state index in [4.69, 9.17) is 4.74 Å². The Balaban J connectivity index is 1.58. The zero-order valence-corrected chi connectivity index (χ0v) is 23.0. The van der Waals surface area contributed by atoms with Crippen molar-refractivity contribution in [3.05, 3.63) is 70.2 Å². The number of rotatable bonds is 5. The monoisotopic (exact) mass is 565 g/mol. The number of benzene rings is 2. The van der Waals surface area contributed by atoms with Gasteiger partial charge >= 0.3 is 6.18 Å². The minimum absolute atomic E-state index is 0.0139. The Hall–Kier alpha value is -2.63. The number of likely N-dealkylation sites (tertiary alicyclic amines) is 1. The first-order chi connectivity index (χ1) is 17.8. The number of nitrogens with one attached hydrogen (secondary N) is 1. The molecule has 1 saturated heterocycles. The molecule has 1 fully saturated rings. The number of thiazole rings is 1. The van der Waals surface area contributed by atoms with Gasteiger partial charge in [0.05, 0.1) is 10.5 Å². The molecule has 2 aromatic carbocycles. The maximum Gasteiger partial charge on any atom is 0.416 e. The third kappa shape index (κ3) is 5.55. The van der Waals surface area contributed by atoms with E-state index >= 15 is 0 Å². The first kappa shape index (κ1) is 27.0. The van der Waals surface area contributed by atoms with E-state index in [1.807, 2.05) is 20.9 Å². The lowest BCUT2D eigenvalue weighted by atomic mass is 9.75. The largest absolute Gasteiger partial charge is 0.487 e. The Morgan fingerprint density at radius 1 is 1.08 bits per heavy atom. The predicted molar refractivity (Wildman–Crippen MR) is 141 cm³/mol. The standard InChI is InChI=1S/C27H30F3N3O3S2/c1-26(2)16-23(20-6-4-18(27(28,29)30)14-22(20)17-8-11-33(3)12-9-17)21-7-5-19(15-24(21)36-26)38(34,35)32-25-31-10-13-37-25/h4-7,10,13-15,17,23H,8-9,11-12,16H2,1-3H3,(H,31,32)/t23-/m1/s1. The van der Waals surface area contributed by atoms with E-state index in [2.05, 4.69) is 14.6 Å². The van der Waals surface area contributed by atoms with Gasteiger partial charge in [-0.05, 0) is 88.5 Å². The van der Waals surface area contributed by atoms with Crippen molar-refractivity contribution in [2.75, 3.05) is 24.9 Å². The number of anilines is 1. The summed E-state index contributed by atoms with van der Waals surface area (Å²) in [6.07, 6.45) is -0.806. The van der Waals surface area contributed by atoms with E-state index in [0.717, 1.165) is 48.7 Å². The van der Waals surface area contributed by atoms with Crippen molar-refractivity contribution >= 4 is 26.5 Å². The van der Waals surface area contributed by atoms with Crippen molar-refractivity contribution in [1.29, 1.82) is 0 Å². The SMILES string of the molecule is CN1CCC(c2cc(C(F)(F)F)ccc2[C@H]2CC(C)(C)Oc3cc(S(=O)(=O)Nc4nccs4)ccc32)CC1. The molecule has 0 amide bonds. The van der Waals surface area contributed by atoms with Crippen molar-refractivity contribution in [3.63, 3.8) is 0 Å². The second kappa shape index (κ2) is 9.84. The zero-order valence-electron chi connectivity index (χ0n) is 21.4. The van der Waals surface area contributed by atoms with E-state index in [1.54, 1.807) is 17.5 Å². The molecule has 2 aliphatic heterocycles. The lowest BCUT2D eigenvalue weighted by Crippen LogP contribution is -2.36. The molecule has 1 N–H and O–H groups in total. The molecule has 0 spiro atoms. The predicted octanol–water partition coefficient (Wildman–Crippen LogP) is 6.46. The molecule has 3 aromatic rings. The van der Waals surface area contributed by atoms with Crippen LogP contribution in [0, 0.1) is 0 Å². The zero-order chi connectivity index (χ0) is 27.3. The molecule has 0 unspecified atom stereocenters. The Morgan fingerprint density at radius 3 is 2.45 bits per heavy atom. The highest BCUT2D eigenvalue weighted by Crippen LogP contribution is 2.48. The summed E-state index contributed by atoms with van der Waals surface area (Å²) in [4.78, 5) is 6.21. The molecule has 6 nitrogen and oxygen atoms in total. The van der Waals surface area contributed by atoms with Crippen LogP contribution >= 0.6 is 11.3 Å². The first-order valence-electron chi connectivity index (χ1n) is 12.5. The molecule has 0 aliphatic carbocycles. The number of alkyl halides is 3. The molecule has 0 radical (unpaired) electrons. The minimum Gasteiger partial charge on any atom is -0.487 e. The van der Waals surface area contributed by atoms with Gasteiger partial charge in [-0.2, -0.15) is 13.2 Å². The number of nitrogens with zero attached hydrogens (tertiary/aromatic N) is 2. The first-order valence-corrected chi connectivity index (χ1v) is 14.8. The fraction of sp³-hybridized carbons (Fsp3) is 0.444. The van der Waals surface area contributed by atoms with Crippen LogP contribution in [0.3, 0.4) is 0 Å². The number of fused-ring (bicyclic) bond motifs is 1. The average molecular weight is 566 g/mol. The summed E-state index contributed by atoms with van der Waals surface area (Å²) in [5.41, 5.74) is 1.04. The fourth-order valence-corrected chi connectivity index (χ4v) is 7.27. The number of halogens is 3. The summed E-state index contributed by atoms with van der Waals surface area (Å²) in [6.45, 7) is 5.47. The van der Waals surface area contributed by atoms with Gasteiger partial charge in [0.15, 0.2) is 5.13 Å². The smallest absolute Gasteiger partial charge is 0.416 e. The Bertz CT molecular complexity index is 1420. The third-order valence-electron chi connectivity index (χ3n) is 7.35. The van der Waals surface area contributed by atoms with Crippen LogP contribution in [0.2, 0.25) is 0 Å². The quantitative estimate of drug-likeness (QED) is 0.384. The summed E-state index contributed by atoms with van der Waals surface area (Å²) >= 11 is 1.17. The number of ether oxygens (including phenoxy) is 1. The van der Waals surface area contributed by atoms with Crippen molar-refractivity contribution in [2.45, 2.75) is 61.6 Å². The molecular weight excluding hydrogens is 535 g/mol. The van der Waals surface area contributed by atoms with Gasteiger partial charge in [-0.15, -0.1) is 11.3 Å². The normalized spacial score (nSPS) is 20.5. The highest BCUT2D eigenvalue weighted by atomic mass is 32.2. The number of sulfonamides is 1. The van der Waals surface area contributed by atoms with Gasteiger partial charge in [0.2, 0.25) is 0 Å². The molecule has 38 heavy (non-hydrogen) atoms. The summed E-state index contributed by atoms with van der Waals surface area (Å²) in [7, 11) is -1.88. The second-order valence-electron chi connectivity index (χ2n) is 10.7. The van der Waals surface area contributed by atoms with E-state index in [9.17, 15) is 21.6 Å². The number of aromatic nitrogens is 1. The van der Waals surface area contributed by atoms with Crippen LogP contribution in [-0.2, 0) is 16.2 Å². The molecule has 5 rings (SSSR count). The second-order valence-corrected chi connectivity index (χ2v) is 13.3. The van der Waals surface area contributed by atoms with Gasteiger partial charge in [0, 0.05) is 29.1 Å². The van der Waals surface area contributed by atoms with Crippen LogP contribution in [0.5, 0.6) is 5.75 Å². The van der Waals surface area contributed by atoms with Crippen LogP contribution in [0.25, 0.3) is 0 Å². The fourth-order valence-electron chi connectivity index (χ4n) is 5.47. The molecular formula is C27H30F3N3O3S2. The summed E-state index contributed by atoms with van der Waals surface area (Å²) in [6, 6.07) is 8.83. The van der Waals surface area contributed by atoms with E-state index in [1.165, 1.54) is 35.7 Å². The number of hydrogen-bond donors (Lipinski definition) is 1. The van der Waals surface area contributed by atoms with Gasteiger partial charge in [0.25, 0.3) is 10.0 Å². The van der Waals surface area contributed by atoms with E-state index < -0.39 is 27.4 Å². The molecule has 0 bridgehead atoms. The molecule has 11 heteroatoms. The summed E-state index contributed by atoms with van der Waals surface area (Å²) in [5.74, 6) is 0.192. The molecule has 1 aromatic heterocycles. The molecule has 3 heterocycles. The average Bonchev–Trinajstić information content (AvgIpc) is 3.34. The maximum absolute atomic E-state index is 13.7. The van der Waals surface area contributed by atoms with Gasteiger partial charge < -0.3 is 9.64 Å². The van der Waals surface area contributed by atoms with E-state index in [-0.39, 0.29) is 21.9 Å². The maximum atomic E-state index is 13.7. The van der Waals surface area contributed by atoms with Gasteiger partial charge in [-0.25, -0.2) is 13.4 Å². The van der Waals surface area contributed by atoms with Gasteiger partial charge in [0.1, 0.15) is 11.4 Å². The highest BCUT2D eigenvalue weighted by molar-refractivity contribution is 7.93. The summed E-state index contributed by atoms with van der Waals surface area (Å²) in [5, 5.41) is 1.93. The van der Waals surface area contributed by atoms with Crippen LogP contribution in [0.15, 0.2) is 52.9 Å². The Morgan fingerprint density at radius 2 is 1.79 bits per heavy atom. The number of piperidine rings is 1. The molecule has 1 atom stereocenters. The van der Waals surface area contributed by atoms with Crippen molar-refractivity contribution in [1.82, 2.24) is 9.88 Å². The highest BCUT2D eigenvalue weighted by Gasteiger charge is 2.39. The molecule has 2 aliphatic rings. The van der Waals surface area contributed by atoms with Crippen molar-refractivity contribution < 1.29 is 26.3 Å². The van der Waals surface area contributed by atoms with E-state index in [0.29, 0.717) is 12.2 Å². The third-order valence-corrected chi connectivity index (χ3v) is 9.51. The lowest BCUT2D eigenvalue weighted by Gasteiger charge is -2.40. The molecule has 204 valence electrons.